The number of carbonyl (C=O) groups is 1. The minimum atomic E-state index is -2.31. The normalized spacial score (nSPS) is 11.2. The topological polar surface area (TPSA) is 59.8 Å². The van der Waals surface area contributed by atoms with Crippen molar-refractivity contribution in [3.05, 3.63) is 77.4 Å². The number of hydrogen-bond donors (Lipinski definition) is 1. The van der Waals surface area contributed by atoms with Gasteiger partial charge in [-0.05, 0) is 24.1 Å². The second kappa shape index (κ2) is 7.78. The quantitative estimate of drug-likeness (QED) is 0.288. The molecule has 1 N–H and O–H groups in total. The summed E-state index contributed by atoms with van der Waals surface area (Å²) in [5, 5.41) is 6.65. The number of nitrogens with zero attached hydrogens (tertiary/aromatic N) is 3. The Hall–Kier alpha value is -3.82. The maximum Gasteiger partial charge on any atom is 0.246 e. The molecule has 0 saturated carbocycles. The van der Waals surface area contributed by atoms with Gasteiger partial charge < -0.3 is 5.32 Å². The fourth-order valence-electron chi connectivity index (χ4n) is 3.28. The molecular formula is C21H13F5N4O. The Morgan fingerprint density at radius 1 is 0.935 bits per heavy atom. The zero-order chi connectivity index (χ0) is 22.3. The number of amides is 1. The summed E-state index contributed by atoms with van der Waals surface area (Å²) in [5.41, 5.74) is 1.16. The molecule has 5 nitrogen and oxygen atoms in total. The zero-order valence-corrected chi connectivity index (χ0v) is 15.9. The van der Waals surface area contributed by atoms with Crippen molar-refractivity contribution in [1.82, 2.24) is 14.8 Å². The van der Waals surface area contributed by atoms with Gasteiger partial charge in [-0.3, -0.25) is 4.79 Å². The van der Waals surface area contributed by atoms with Crippen LogP contribution in [-0.4, -0.2) is 20.7 Å². The number of fused-ring (bicyclic) bond motifs is 1. The van der Waals surface area contributed by atoms with E-state index in [0.717, 1.165) is 11.1 Å². The number of carbonyl (C=O) groups excluding carboxylic acids is 1. The second-order valence-electron chi connectivity index (χ2n) is 6.66. The summed E-state index contributed by atoms with van der Waals surface area (Å²) in [6, 6.07) is 11.1. The van der Waals surface area contributed by atoms with Gasteiger partial charge >= 0.3 is 0 Å². The summed E-state index contributed by atoms with van der Waals surface area (Å²) in [7, 11) is 0. The number of aryl methyl sites for hydroxylation is 1. The van der Waals surface area contributed by atoms with Crippen molar-refractivity contribution < 1.29 is 26.7 Å². The lowest BCUT2D eigenvalue weighted by molar-refractivity contribution is -0.116. The largest absolute Gasteiger partial charge is 0.319 e. The van der Waals surface area contributed by atoms with E-state index >= 15 is 0 Å². The molecule has 0 spiro atoms. The molecule has 0 radical (unpaired) electrons. The molecule has 0 fully saturated rings. The average molecular weight is 432 g/mol. The standard InChI is InChI=1S/C21H13F5N4O/c1-10-14-12(11-5-3-2-4-6-11)7-8-27-21(14)30(29-10)9-13(31)28-20-18(25)16(23)15(22)17(24)19(20)26/h2-8H,9H2,1H3,(H,28,31). The first kappa shape index (κ1) is 20.5. The number of halogens is 5. The highest BCUT2D eigenvalue weighted by Crippen LogP contribution is 2.30. The molecule has 0 unspecified atom stereocenters. The van der Waals surface area contributed by atoms with E-state index < -0.39 is 47.2 Å². The second-order valence-corrected chi connectivity index (χ2v) is 6.66. The highest BCUT2D eigenvalue weighted by Gasteiger charge is 2.27. The van der Waals surface area contributed by atoms with Crippen molar-refractivity contribution in [2.45, 2.75) is 13.5 Å². The first-order chi connectivity index (χ1) is 14.8. The molecule has 0 aliphatic heterocycles. The Balaban J connectivity index is 1.69. The Kier molecular flexibility index (Phi) is 5.14. The van der Waals surface area contributed by atoms with E-state index in [1.807, 2.05) is 30.3 Å². The molecule has 1 amide bonds. The molecule has 158 valence electrons. The minimum absolute atomic E-state index is 0.325. The number of anilines is 1. The molecule has 2 aromatic heterocycles. The number of rotatable bonds is 4. The summed E-state index contributed by atoms with van der Waals surface area (Å²) in [6.07, 6.45) is 1.52. The van der Waals surface area contributed by atoms with Crippen molar-refractivity contribution in [2.24, 2.45) is 0 Å². The van der Waals surface area contributed by atoms with Crippen molar-refractivity contribution >= 4 is 22.6 Å². The lowest BCUT2D eigenvalue weighted by Crippen LogP contribution is -2.22. The van der Waals surface area contributed by atoms with Crippen LogP contribution in [0.3, 0.4) is 0 Å². The summed E-state index contributed by atoms with van der Waals surface area (Å²) in [4.78, 5) is 16.6. The van der Waals surface area contributed by atoms with E-state index in [0.29, 0.717) is 16.7 Å². The molecule has 4 aromatic rings. The monoisotopic (exact) mass is 432 g/mol. The van der Waals surface area contributed by atoms with Crippen LogP contribution in [0.25, 0.3) is 22.2 Å². The maximum absolute atomic E-state index is 13.8. The van der Waals surface area contributed by atoms with Crippen LogP contribution in [0.1, 0.15) is 5.69 Å². The summed E-state index contributed by atoms with van der Waals surface area (Å²) >= 11 is 0. The molecule has 0 atom stereocenters. The third-order valence-electron chi connectivity index (χ3n) is 4.66. The van der Waals surface area contributed by atoms with Gasteiger partial charge in [0.05, 0.1) is 5.69 Å². The lowest BCUT2D eigenvalue weighted by atomic mass is 10.0. The number of aromatic nitrogens is 3. The van der Waals surface area contributed by atoms with E-state index in [-0.39, 0.29) is 0 Å². The van der Waals surface area contributed by atoms with Crippen LogP contribution in [0.2, 0.25) is 0 Å². The smallest absolute Gasteiger partial charge is 0.246 e. The molecular weight excluding hydrogens is 419 g/mol. The Bertz CT molecular complexity index is 1290. The fraction of sp³-hybridized carbons (Fsp3) is 0.0952. The minimum Gasteiger partial charge on any atom is -0.319 e. The number of benzene rings is 2. The van der Waals surface area contributed by atoms with Crippen LogP contribution in [0.4, 0.5) is 27.6 Å². The van der Waals surface area contributed by atoms with Gasteiger partial charge in [0.25, 0.3) is 0 Å². The predicted octanol–water partition coefficient (Wildman–Crippen LogP) is 4.74. The maximum atomic E-state index is 13.8. The van der Waals surface area contributed by atoms with Gasteiger partial charge in [0.15, 0.2) is 28.9 Å². The van der Waals surface area contributed by atoms with Crippen molar-refractivity contribution in [3.8, 4) is 11.1 Å². The van der Waals surface area contributed by atoms with Crippen LogP contribution < -0.4 is 5.32 Å². The molecule has 0 saturated heterocycles. The fourth-order valence-corrected chi connectivity index (χ4v) is 3.28. The third-order valence-corrected chi connectivity index (χ3v) is 4.66. The van der Waals surface area contributed by atoms with E-state index in [1.54, 1.807) is 18.3 Å². The van der Waals surface area contributed by atoms with Crippen LogP contribution in [-0.2, 0) is 11.3 Å². The van der Waals surface area contributed by atoms with Crippen LogP contribution >= 0.6 is 0 Å². The molecule has 4 rings (SSSR count). The van der Waals surface area contributed by atoms with Crippen molar-refractivity contribution in [1.29, 1.82) is 0 Å². The van der Waals surface area contributed by atoms with Gasteiger partial charge in [-0.2, -0.15) is 5.10 Å². The van der Waals surface area contributed by atoms with Crippen molar-refractivity contribution in [2.75, 3.05) is 5.32 Å². The van der Waals surface area contributed by atoms with E-state index in [2.05, 4.69) is 10.1 Å². The molecule has 10 heteroatoms. The average Bonchev–Trinajstić information content (AvgIpc) is 3.10. The molecule has 0 aliphatic rings. The molecule has 31 heavy (non-hydrogen) atoms. The molecule has 0 bridgehead atoms. The Labute approximate surface area is 172 Å². The first-order valence-corrected chi connectivity index (χ1v) is 8.98. The molecule has 2 heterocycles. The van der Waals surface area contributed by atoms with Gasteiger partial charge in [0, 0.05) is 11.6 Å². The summed E-state index contributed by atoms with van der Waals surface area (Å²) in [6.45, 7) is 1.14. The van der Waals surface area contributed by atoms with Crippen LogP contribution in [0, 0.1) is 36.0 Å². The predicted molar refractivity (Wildman–Crippen MR) is 103 cm³/mol. The SMILES string of the molecule is Cc1nn(CC(=O)Nc2c(F)c(F)c(F)c(F)c2F)c2nccc(-c3ccccc3)c12. The Morgan fingerprint density at radius 2 is 1.55 bits per heavy atom. The van der Waals surface area contributed by atoms with Gasteiger partial charge in [0.2, 0.25) is 11.7 Å². The molecule has 0 aliphatic carbocycles. The van der Waals surface area contributed by atoms with E-state index in [4.69, 9.17) is 0 Å². The zero-order valence-electron chi connectivity index (χ0n) is 15.9. The summed E-state index contributed by atoms with van der Waals surface area (Å²) < 4.78 is 68.7. The Morgan fingerprint density at radius 3 is 2.19 bits per heavy atom. The van der Waals surface area contributed by atoms with Gasteiger partial charge in [-0.1, -0.05) is 30.3 Å². The van der Waals surface area contributed by atoms with Crippen LogP contribution in [0.5, 0.6) is 0 Å². The molecule has 2 aromatic carbocycles. The van der Waals surface area contributed by atoms with Crippen molar-refractivity contribution in [3.63, 3.8) is 0 Å². The number of nitrogens with one attached hydrogen (secondary N) is 1. The van der Waals surface area contributed by atoms with Gasteiger partial charge in [-0.15, -0.1) is 0 Å². The lowest BCUT2D eigenvalue weighted by Gasteiger charge is -2.10. The van der Waals surface area contributed by atoms with E-state index in [1.165, 1.54) is 10.9 Å². The number of pyridine rings is 1. The third kappa shape index (κ3) is 3.49. The first-order valence-electron chi connectivity index (χ1n) is 8.98. The van der Waals surface area contributed by atoms with E-state index in [9.17, 15) is 26.7 Å². The summed E-state index contributed by atoms with van der Waals surface area (Å²) in [5.74, 6) is -11.9. The van der Waals surface area contributed by atoms with Gasteiger partial charge in [0.1, 0.15) is 12.2 Å². The van der Waals surface area contributed by atoms with Crippen LogP contribution in [0.15, 0.2) is 42.6 Å². The number of hydrogen-bond acceptors (Lipinski definition) is 3. The highest BCUT2D eigenvalue weighted by atomic mass is 19.2. The highest BCUT2D eigenvalue weighted by molar-refractivity contribution is 5.96. The van der Waals surface area contributed by atoms with Gasteiger partial charge in [-0.25, -0.2) is 31.6 Å².